The van der Waals surface area contributed by atoms with Crippen LogP contribution in [0.15, 0.2) is 30.3 Å². The summed E-state index contributed by atoms with van der Waals surface area (Å²) in [6.45, 7) is 2.44. The molecule has 5 nitrogen and oxygen atoms in total. The molecule has 2 unspecified atom stereocenters. The number of benzene rings is 1. The maximum Gasteiger partial charge on any atom is 0.329 e. The first-order valence-corrected chi connectivity index (χ1v) is 11.5. The number of carbonyl (C=O) groups is 2. The Hall–Kier alpha value is -1.69. The molecule has 2 atom stereocenters. The molecule has 28 heavy (non-hydrogen) atoms. The molecule has 1 amide bonds. The van der Waals surface area contributed by atoms with Crippen molar-refractivity contribution < 1.29 is 19.1 Å². The largest absolute Gasteiger partial charge is 0.484 e. The second-order valence-electron chi connectivity index (χ2n) is 7.56. The van der Waals surface area contributed by atoms with E-state index in [2.05, 4.69) is 6.92 Å². The number of rotatable bonds is 8. The molecule has 1 aliphatic carbocycles. The minimum absolute atomic E-state index is 0.0491. The maximum absolute atomic E-state index is 13.1. The molecule has 2 fully saturated rings. The van der Waals surface area contributed by atoms with Gasteiger partial charge in [-0.1, -0.05) is 50.8 Å². The SMILES string of the molecule is CCCCOC(=O)C1CSC(C2CCCCC2)N1C(=O)COc1ccccc1. The molecule has 6 heteroatoms. The number of carbonyl (C=O) groups excluding carboxylic acids is 2. The van der Waals surface area contributed by atoms with Crippen molar-refractivity contribution in [2.45, 2.75) is 63.3 Å². The lowest BCUT2D eigenvalue weighted by Crippen LogP contribution is -2.50. The first kappa shape index (κ1) is 21.0. The lowest BCUT2D eigenvalue weighted by molar-refractivity contribution is -0.155. The molecular weight excluding hydrogens is 374 g/mol. The van der Waals surface area contributed by atoms with Crippen molar-refractivity contribution in [3.8, 4) is 5.75 Å². The third-order valence-electron chi connectivity index (χ3n) is 5.50. The summed E-state index contributed by atoms with van der Waals surface area (Å²) in [6, 6.07) is 8.84. The summed E-state index contributed by atoms with van der Waals surface area (Å²) in [6.07, 6.45) is 7.75. The van der Waals surface area contributed by atoms with Crippen LogP contribution in [0.1, 0.15) is 51.9 Å². The summed E-state index contributed by atoms with van der Waals surface area (Å²) >= 11 is 1.73. The molecule has 1 aliphatic heterocycles. The summed E-state index contributed by atoms with van der Waals surface area (Å²) < 4.78 is 11.1. The molecule has 1 aromatic carbocycles. The van der Waals surface area contributed by atoms with E-state index in [4.69, 9.17) is 9.47 Å². The Morgan fingerprint density at radius 3 is 2.61 bits per heavy atom. The van der Waals surface area contributed by atoms with E-state index in [1.54, 1.807) is 16.7 Å². The number of nitrogens with zero attached hydrogens (tertiary/aromatic N) is 1. The smallest absolute Gasteiger partial charge is 0.329 e. The first-order valence-electron chi connectivity index (χ1n) is 10.5. The molecule has 1 saturated carbocycles. The fraction of sp³-hybridized carbons (Fsp3) is 0.636. The molecule has 0 aromatic heterocycles. The van der Waals surface area contributed by atoms with Gasteiger partial charge in [0.1, 0.15) is 11.8 Å². The van der Waals surface area contributed by atoms with E-state index in [0.717, 1.165) is 25.7 Å². The maximum atomic E-state index is 13.1. The predicted molar refractivity (Wildman–Crippen MR) is 111 cm³/mol. The number of para-hydroxylation sites is 1. The number of thioether (sulfide) groups is 1. The highest BCUT2D eigenvalue weighted by Gasteiger charge is 2.45. The van der Waals surface area contributed by atoms with Gasteiger partial charge in [-0.25, -0.2) is 4.79 Å². The normalized spacial score (nSPS) is 22.8. The monoisotopic (exact) mass is 405 g/mol. The van der Waals surface area contributed by atoms with Crippen molar-refractivity contribution in [3.05, 3.63) is 30.3 Å². The fourth-order valence-corrected chi connectivity index (χ4v) is 5.60. The van der Waals surface area contributed by atoms with Gasteiger partial charge in [-0.05, 0) is 37.3 Å². The van der Waals surface area contributed by atoms with Crippen LogP contribution in [-0.2, 0) is 14.3 Å². The Labute approximate surface area is 172 Å². The van der Waals surface area contributed by atoms with E-state index >= 15 is 0 Å². The van der Waals surface area contributed by atoms with E-state index in [0.29, 0.717) is 24.0 Å². The summed E-state index contributed by atoms with van der Waals surface area (Å²) in [5.74, 6) is 1.34. The van der Waals surface area contributed by atoms with E-state index in [-0.39, 0.29) is 23.9 Å². The Bertz CT molecular complexity index is 633. The minimum Gasteiger partial charge on any atom is -0.484 e. The Morgan fingerprint density at radius 1 is 1.14 bits per heavy atom. The third kappa shape index (κ3) is 5.43. The molecule has 1 heterocycles. The van der Waals surface area contributed by atoms with Gasteiger partial charge in [-0.3, -0.25) is 4.79 Å². The lowest BCUT2D eigenvalue weighted by atomic mass is 9.88. The van der Waals surface area contributed by atoms with E-state index in [1.165, 1.54) is 19.3 Å². The molecule has 1 aromatic rings. The van der Waals surface area contributed by atoms with Gasteiger partial charge < -0.3 is 14.4 Å². The molecular formula is C22H31NO4S. The van der Waals surface area contributed by atoms with Crippen LogP contribution in [-0.4, -0.2) is 47.2 Å². The second-order valence-corrected chi connectivity index (χ2v) is 8.71. The van der Waals surface area contributed by atoms with Crippen LogP contribution in [0.25, 0.3) is 0 Å². The number of hydrogen-bond donors (Lipinski definition) is 0. The molecule has 0 spiro atoms. The molecule has 2 aliphatic rings. The van der Waals surface area contributed by atoms with Gasteiger partial charge in [0.2, 0.25) is 0 Å². The fourth-order valence-electron chi connectivity index (χ4n) is 3.96. The van der Waals surface area contributed by atoms with E-state index < -0.39 is 6.04 Å². The second kappa shape index (κ2) is 10.7. The average molecular weight is 406 g/mol. The van der Waals surface area contributed by atoms with E-state index in [1.807, 2.05) is 30.3 Å². The van der Waals surface area contributed by atoms with Crippen LogP contribution in [0.4, 0.5) is 0 Å². The van der Waals surface area contributed by atoms with Crippen LogP contribution in [0.3, 0.4) is 0 Å². The Kier molecular flexibility index (Phi) is 8.07. The molecule has 0 N–H and O–H groups in total. The number of unbranched alkanes of at least 4 members (excludes halogenated alkanes) is 1. The third-order valence-corrected chi connectivity index (χ3v) is 6.96. The van der Waals surface area contributed by atoms with Crippen LogP contribution in [0, 0.1) is 5.92 Å². The van der Waals surface area contributed by atoms with Crippen LogP contribution < -0.4 is 4.74 Å². The zero-order chi connectivity index (χ0) is 19.8. The highest BCUT2D eigenvalue weighted by Crippen LogP contribution is 2.40. The standard InChI is InChI=1S/C22H31NO4S/c1-2-3-14-26-22(25)19-16-28-21(17-10-6-4-7-11-17)23(19)20(24)15-27-18-12-8-5-9-13-18/h5,8-9,12-13,17,19,21H,2-4,6-7,10-11,14-16H2,1H3. The average Bonchev–Trinajstić information content (AvgIpc) is 3.19. The summed E-state index contributed by atoms with van der Waals surface area (Å²) in [7, 11) is 0. The van der Waals surface area contributed by atoms with Gasteiger partial charge in [-0.2, -0.15) is 0 Å². The highest BCUT2D eigenvalue weighted by atomic mass is 32.2. The minimum atomic E-state index is -0.499. The van der Waals surface area contributed by atoms with Gasteiger partial charge in [-0.15, -0.1) is 11.8 Å². The Balaban J connectivity index is 1.68. The van der Waals surface area contributed by atoms with Gasteiger partial charge in [0.15, 0.2) is 6.61 Å². The molecule has 3 rings (SSSR count). The Morgan fingerprint density at radius 2 is 1.89 bits per heavy atom. The lowest BCUT2D eigenvalue weighted by Gasteiger charge is -2.35. The predicted octanol–water partition coefficient (Wildman–Crippen LogP) is 4.26. The van der Waals surface area contributed by atoms with Crippen LogP contribution in [0.5, 0.6) is 5.75 Å². The molecule has 1 saturated heterocycles. The summed E-state index contributed by atoms with van der Waals surface area (Å²) in [5.41, 5.74) is 0. The zero-order valence-electron chi connectivity index (χ0n) is 16.7. The first-order chi connectivity index (χ1) is 13.7. The van der Waals surface area contributed by atoms with Crippen molar-refractivity contribution in [2.75, 3.05) is 19.0 Å². The van der Waals surface area contributed by atoms with Crippen LogP contribution in [0.2, 0.25) is 0 Å². The van der Waals surface area contributed by atoms with Gasteiger partial charge in [0, 0.05) is 5.75 Å². The summed E-state index contributed by atoms with van der Waals surface area (Å²) in [4.78, 5) is 27.5. The van der Waals surface area contributed by atoms with Gasteiger partial charge in [0.05, 0.1) is 12.0 Å². The highest BCUT2D eigenvalue weighted by molar-refractivity contribution is 8.00. The van der Waals surface area contributed by atoms with Crippen molar-refractivity contribution in [3.63, 3.8) is 0 Å². The number of esters is 1. The van der Waals surface area contributed by atoms with Crippen molar-refractivity contribution in [1.29, 1.82) is 0 Å². The number of ether oxygens (including phenoxy) is 2. The molecule has 0 bridgehead atoms. The van der Waals surface area contributed by atoms with Gasteiger partial charge in [0.25, 0.3) is 5.91 Å². The molecule has 154 valence electrons. The topological polar surface area (TPSA) is 55.8 Å². The van der Waals surface area contributed by atoms with Crippen molar-refractivity contribution in [1.82, 2.24) is 4.90 Å². The molecule has 0 radical (unpaired) electrons. The van der Waals surface area contributed by atoms with E-state index in [9.17, 15) is 9.59 Å². The quantitative estimate of drug-likeness (QED) is 0.478. The number of amides is 1. The summed E-state index contributed by atoms with van der Waals surface area (Å²) in [5, 5.41) is 0.0518. The van der Waals surface area contributed by atoms with Crippen LogP contribution >= 0.6 is 11.8 Å². The zero-order valence-corrected chi connectivity index (χ0v) is 17.5. The van der Waals surface area contributed by atoms with Gasteiger partial charge >= 0.3 is 5.97 Å². The van der Waals surface area contributed by atoms with Crippen molar-refractivity contribution in [2.24, 2.45) is 5.92 Å². The van der Waals surface area contributed by atoms with Crippen molar-refractivity contribution >= 4 is 23.6 Å². The number of hydrogen-bond acceptors (Lipinski definition) is 5.